The minimum Gasteiger partial charge on any atom is -0.469 e. The topological polar surface area (TPSA) is 45.5 Å². The number of benzene rings is 3. The fourth-order valence-corrected chi connectivity index (χ4v) is 5.45. The largest absolute Gasteiger partial charge is 0.469 e. The lowest BCUT2D eigenvalue weighted by Crippen LogP contribution is -2.34. The summed E-state index contributed by atoms with van der Waals surface area (Å²) in [6.07, 6.45) is 2.84. The van der Waals surface area contributed by atoms with Gasteiger partial charge in [-0.05, 0) is 53.9 Å². The van der Waals surface area contributed by atoms with Crippen molar-refractivity contribution in [3.05, 3.63) is 130 Å². The second kappa shape index (κ2) is 9.12. The highest BCUT2D eigenvalue weighted by molar-refractivity contribution is 6.30. The van der Waals surface area contributed by atoms with Crippen LogP contribution >= 0.6 is 11.6 Å². The Morgan fingerprint density at radius 2 is 1.66 bits per heavy atom. The lowest BCUT2D eigenvalue weighted by atomic mass is 9.80. The van der Waals surface area contributed by atoms with Gasteiger partial charge >= 0.3 is 0 Å². The third-order valence-corrected chi connectivity index (χ3v) is 7.17. The van der Waals surface area contributed by atoms with E-state index in [9.17, 15) is 4.79 Å². The molecule has 0 amide bonds. The van der Waals surface area contributed by atoms with Gasteiger partial charge in [0.1, 0.15) is 5.76 Å². The zero-order valence-corrected chi connectivity index (χ0v) is 19.9. The van der Waals surface area contributed by atoms with Gasteiger partial charge in [-0.15, -0.1) is 0 Å². The van der Waals surface area contributed by atoms with Crippen molar-refractivity contribution in [3.8, 4) is 0 Å². The second-order valence-corrected chi connectivity index (χ2v) is 9.58. The number of allylic oxidation sites excluding steroid dienone is 1. The summed E-state index contributed by atoms with van der Waals surface area (Å²) >= 11 is 6.17. The van der Waals surface area contributed by atoms with Crippen molar-refractivity contribution in [1.82, 2.24) is 0 Å². The van der Waals surface area contributed by atoms with Crippen LogP contribution in [0.5, 0.6) is 0 Å². The van der Waals surface area contributed by atoms with Crippen LogP contribution < -0.4 is 10.2 Å². The molecule has 2 heterocycles. The Morgan fingerprint density at radius 3 is 2.43 bits per heavy atom. The summed E-state index contributed by atoms with van der Waals surface area (Å²) in [6.45, 7) is 0.640. The molecule has 1 aromatic heterocycles. The molecule has 1 aliphatic heterocycles. The van der Waals surface area contributed by atoms with Crippen molar-refractivity contribution in [2.24, 2.45) is 0 Å². The summed E-state index contributed by atoms with van der Waals surface area (Å²) in [7, 11) is 0. The molecule has 174 valence electrons. The van der Waals surface area contributed by atoms with Gasteiger partial charge in [-0.3, -0.25) is 4.79 Å². The number of carbonyl (C=O) groups is 1. The fourth-order valence-electron chi connectivity index (χ4n) is 5.32. The summed E-state index contributed by atoms with van der Waals surface area (Å²) in [5, 5.41) is 4.37. The summed E-state index contributed by atoms with van der Waals surface area (Å²) in [5.41, 5.74) is 6.10. The van der Waals surface area contributed by atoms with Gasteiger partial charge in [0, 0.05) is 35.2 Å². The smallest absolute Gasteiger partial charge is 0.163 e. The van der Waals surface area contributed by atoms with Crippen LogP contribution in [0.3, 0.4) is 0 Å². The molecule has 2 atom stereocenters. The maximum Gasteiger partial charge on any atom is 0.163 e. The molecule has 0 saturated heterocycles. The van der Waals surface area contributed by atoms with Gasteiger partial charge in [0.05, 0.1) is 23.7 Å². The Morgan fingerprint density at radius 1 is 0.886 bits per heavy atom. The summed E-state index contributed by atoms with van der Waals surface area (Å²) in [5.74, 6) is 1.04. The molecule has 0 fully saturated rings. The van der Waals surface area contributed by atoms with Gasteiger partial charge < -0.3 is 14.6 Å². The van der Waals surface area contributed by atoms with Crippen LogP contribution in [0.1, 0.15) is 41.7 Å². The molecular weight excluding hydrogens is 456 g/mol. The number of nitrogens with zero attached hydrogens (tertiary/aromatic N) is 1. The first-order valence-electron chi connectivity index (χ1n) is 11.9. The maximum atomic E-state index is 13.9. The minimum atomic E-state index is -0.219. The first kappa shape index (κ1) is 21.8. The molecule has 0 radical (unpaired) electrons. The fraction of sp³-hybridized carbons (Fsp3) is 0.167. The van der Waals surface area contributed by atoms with Gasteiger partial charge in [0.25, 0.3) is 0 Å². The van der Waals surface area contributed by atoms with Crippen LogP contribution in [-0.2, 0) is 11.3 Å². The highest BCUT2D eigenvalue weighted by Gasteiger charge is 2.40. The molecule has 6 rings (SSSR count). The first-order chi connectivity index (χ1) is 17.2. The number of anilines is 2. The number of ketones is 1. The van der Waals surface area contributed by atoms with E-state index in [4.69, 9.17) is 16.0 Å². The highest BCUT2D eigenvalue weighted by atomic mass is 35.5. The lowest BCUT2D eigenvalue weighted by molar-refractivity contribution is -0.116. The monoisotopic (exact) mass is 480 g/mol. The van der Waals surface area contributed by atoms with Crippen molar-refractivity contribution < 1.29 is 9.21 Å². The predicted octanol–water partition coefficient (Wildman–Crippen LogP) is 7.51. The summed E-state index contributed by atoms with van der Waals surface area (Å²) in [6, 6.07) is 30.2. The molecule has 3 aromatic carbocycles. The minimum absolute atomic E-state index is 0.0233. The number of para-hydroxylation sites is 2. The van der Waals surface area contributed by atoms with Crippen molar-refractivity contribution in [2.75, 3.05) is 10.2 Å². The van der Waals surface area contributed by atoms with Crippen molar-refractivity contribution in [3.63, 3.8) is 0 Å². The SMILES string of the molecule is O=C1C[C@@H](c2ccco2)CC2=C1[C@H](c1ccccc1)N(Cc1ccc(Cl)cc1)c1ccccc1N2. The lowest BCUT2D eigenvalue weighted by Gasteiger charge is -2.36. The van der Waals surface area contributed by atoms with E-state index in [2.05, 4.69) is 52.7 Å². The Hall–Kier alpha value is -3.76. The number of carbonyl (C=O) groups excluding carboxylic acids is 1. The first-order valence-corrected chi connectivity index (χ1v) is 12.3. The molecular formula is C30H25ClN2O2. The van der Waals surface area contributed by atoms with Crippen LogP contribution in [0.2, 0.25) is 5.02 Å². The zero-order chi connectivity index (χ0) is 23.8. The number of rotatable bonds is 4. The third-order valence-electron chi connectivity index (χ3n) is 6.92. The Balaban J connectivity index is 1.52. The molecule has 1 N–H and O–H groups in total. The van der Waals surface area contributed by atoms with Gasteiger partial charge in [0.2, 0.25) is 0 Å². The molecule has 0 spiro atoms. The molecule has 5 heteroatoms. The molecule has 1 aliphatic carbocycles. The second-order valence-electron chi connectivity index (χ2n) is 9.15. The number of fused-ring (bicyclic) bond motifs is 1. The van der Waals surface area contributed by atoms with E-state index in [1.54, 1.807) is 6.26 Å². The van der Waals surface area contributed by atoms with E-state index in [-0.39, 0.29) is 17.7 Å². The zero-order valence-electron chi connectivity index (χ0n) is 19.2. The van der Waals surface area contributed by atoms with E-state index < -0.39 is 0 Å². The number of Topliss-reactive ketones (excluding diaryl/α,β-unsaturated/α-hetero) is 1. The average molecular weight is 481 g/mol. The van der Waals surface area contributed by atoms with Gasteiger partial charge in [0.15, 0.2) is 5.78 Å². The molecule has 4 aromatic rings. The average Bonchev–Trinajstić information content (AvgIpc) is 3.38. The number of hydrogen-bond acceptors (Lipinski definition) is 4. The Labute approximate surface area is 209 Å². The van der Waals surface area contributed by atoms with Gasteiger partial charge in [-0.2, -0.15) is 0 Å². The quantitative estimate of drug-likeness (QED) is 0.328. The van der Waals surface area contributed by atoms with E-state index in [1.165, 1.54) is 0 Å². The number of hydrogen-bond donors (Lipinski definition) is 1. The highest BCUT2D eigenvalue weighted by Crippen LogP contribution is 2.47. The van der Waals surface area contributed by atoms with Crippen LogP contribution in [0, 0.1) is 0 Å². The molecule has 0 bridgehead atoms. The molecule has 2 aliphatic rings. The Bertz CT molecular complexity index is 1380. The maximum absolute atomic E-state index is 13.9. The van der Waals surface area contributed by atoms with Crippen molar-refractivity contribution in [2.45, 2.75) is 31.3 Å². The standard InChI is InChI=1S/C30H25ClN2O2/c31-23-14-12-20(13-15-23)19-33-26-10-5-4-9-24(26)32-25-17-22(28-11-6-16-35-28)18-27(34)29(25)30(33)21-7-2-1-3-8-21/h1-16,22,30,32H,17-19H2/t22-,30-/m0/s1. The van der Waals surface area contributed by atoms with Crippen LogP contribution in [0.15, 0.2) is 113 Å². The van der Waals surface area contributed by atoms with E-state index in [0.29, 0.717) is 18.0 Å². The van der Waals surface area contributed by atoms with Crippen molar-refractivity contribution >= 4 is 28.8 Å². The third kappa shape index (κ3) is 4.15. The Kier molecular flexibility index (Phi) is 5.67. The number of furan rings is 1. The normalized spacial score (nSPS) is 19.6. The van der Waals surface area contributed by atoms with E-state index in [1.807, 2.05) is 48.5 Å². The summed E-state index contributed by atoms with van der Waals surface area (Å²) in [4.78, 5) is 16.2. The molecule has 35 heavy (non-hydrogen) atoms. The molecule has 0 unspecified atom stereocenters. The number of nitrogens with one attached hydrogen (secondary N) is 1. The predicted molar refractivity (Wildman–Crippen MR) is 140 cm³/mol. The van der Waals surface area contributed by atoms with Crippen LogP contribution in [-0.4, -0.2) is 5.78 Å². The van der Waals surface area contributed by atoms with Gasteiger partial charge in [-0.1, -0.05) is 66.2 Å². The van der Waals surface area contributed by atoms with Gasteiger partial charge in [-0.25, -0.2) is 0 Å². The summed E-state index contributed by atoms with van der Waals surface area (Å²) < 4.78 is 5.70. The number of halogens is 1. The molecule has 0 saturated carbocycles. The van der Waals surface area contributed by atoms with Crippen LogP contribution in [0.25, 0.3) is 0 Å². The van der Waals surface area contributed by atoms with Crippen LogP contribution in [0.4, 0.5) is 11.4 Å². The van der Waals surface area contributed by atoms with E-state index >= 15 is 0 Å². The van der Waals surface area contributed by atoms with E-state index in [0.717, 1.165) is 46.0 Å². The van der Waals surface area contributed by atoms with Crippen molar-refractivity contribution in [1.29, 1.82) is 0 Å². The molecule has 4 nitrogen and oxygen atoms in total.